The number of carbonyl (C=O) groups is 1. The van der Waals surface area contributed by atoms with Crippen LogP contribution in [0.25, 0.3) is 0 Å². The van der Waals surface area contributed by atoms with Crippen molar-refractivity contribution in [2.45, 2.75) is 25.8 Å². The molecule has 20 heavy (non-hydrogen) atoms. The Labute approximate surface area is 123 Å². The molecule has 0 bridgehead atoms. The van der Waals surface area contributed by atoms with Crippen molar-refractivity contribution in [3.63, 3.8) is 0 Å². The number of hydrogen-bond acceptors (Lipinski definition) is 4. The maximum Gasteiger partial charge on any atom is 0.273 e. The highest BCUT2D eigenvalue weighted by Crippen LogP contribution is 2.19. The first-order valence-electron chi connectivity index (χ1n) is 6.34. The maximum absolute atomic E-state index is 12.0. The molecule has 1 amide bonds. The number of benzene rings is 1. The summed E-state index contributed by atoms with van der Waals surface area (Å²) in [6.45, 7) is 3.44. The van der Waals surface area contributed by atoms with Gasteiger partial charge in [-0.3, -0.25) is 14.9 Å². The van der Waals surface area contributed by atoms with E-state index in [0.717, 1.165) is 25.9 Å². The van der Waals surface area contributed by atoms with Gasteiger partial charge in [0.2, 0.25) is 0 Å². The molecular formula is C13H18ClN3O3. The van der Waals surface area contributed by atoms with Crippen LogP contribution in [0, 0.1) is 17.0 Å². The van der Waals surface area contributed by atoms with E-state index < -0.39 is 4.92 Å². The molecule has 1 aromatic rings. The van der Waals surface area contributed by atoms with Crippen LogP contribution in [0.15, 0.2) is 18.2 Å². The maximum atomic E-state index is 12.0. The van der Waals surface area contributed by atoms with Gasteiger partial charge in [0.15, 0.2) is 0 Å². The Hall–Kier alpha value is -1.66. The first-order valence-corrected chi connectivity index (χ1v) is 6.34. The topological polar surface area (TPSA) is 84.3 Å². The summed E-state index contributed by atoms with van der Waals surface area (Å²) in [4.78, 5) is 22.4. The van der Waals surface area contributed by atoms with Crippen LogP contribution in [0.3, 0.4) is 0 Å². The van der Waals surface area contributed by atoms with Crippen molar-refractivity contribution < 1.29 is 9.72 Å². The van der Waals surface area contributed by atoms with Gasteiger partial charge in [-0.05, 0) is 38.9 Å². The lowest BCUT2D eigenvalue weighted by Gasteiger charge is -2.23. The van der Waals surface area contributed by atoms with Gasteiger partial charge in [-0.1, -0.05) is 6.07 Å². The highest BCUT2D eigenvalue weighted by molar-refractivity contribution is 5.95. The molecule has 0 saturated carbocycles. The summed E-state index contributed by atoms with van der Waals surface area (Å²) in [7, 11) is 0. The number of hydrogen-bond donors (Lipinski definition) is 2. The second-order valence-electron chi connectivity index (χ2n) is 4.76. The third-order valence-electron chi connectivity index (χ3n) is 3.34. The Balaban J connectivity index is 0.00000200. The summed E-state index contributed by atoms with van der Waals surface area (Å²) < 4.78 is 0. The van der Waals surface area contributed by atoms with Gasteiger partial charge in [0, 0.05) is 23.2 Å². The molecule has 1 saturated heterocycles. The van der Waals surface area contributed by atoms with Crippen LogP contribution in [0.2, 0.25) is 0 Å². The highest BCUT2D eigenvalue weighted by Gasteiger charge is 2.19. The minimum Gasteiger partial charge on any atom is -0.349 e. The Kier molecular flexibility index (Phi) is 5.91. The number of aryl methyl sites for hydroxylation is 1. The van der Waals surface area contributed by atoms with Gasteiger partial charge in [-0.25, -0.2) is 0 Å². The van der Waals surface area contributed by atoms with Crippen molar-refractivity contribution >= 4 is 24.0 Å². The Morgan fingerprint density at radius 2 is 2.05 bits per heavy atom. The molecule has 0 aliphatic carbocycles. The lowest BCUT2D eigenvalue weighted by atomic mass is 10.1. The highest BCUT2D eigenvalue weighted by atomic mass is 35.5. The minimum absolute atomic E-state index is 0. The number of nitro benzene ring substituents is 1. The zero-order valence-corrected chi connectivity index (χ0v) is 12.0. The molecular weight excluding hydrogens is 282 g/mol. The number of rotatable bonds is 3. The summed E-state index contributed by atoms with van der Waals surface area (Å²) in [5, 5.41) is 17.0. The third-order valence-corrected chi connectivity index (χ3v) is 3.34. The van der Waals surface area contributed by atoms with Gasteiger partial charge in [-0.2, -0.15) is 0 Å². The lowest BCUT2D eigenvalue weighted by molar-refractivity contribution is -0.385. The van der Waals surface area contributed by atoms with E-state index in [9.17, 15) is 14.9 Å². The van der Waals surface area contributed by atoms with Gasteiger partial charge in [-0.15, -0.1) is 12.4 Å². The van der Waals surface area contributed by atoms with Gasteiger partial charge in [0.1, 0.15) is 0 Å². The fraction of sp³-hybridized carbons (Fsp3) is 0.462. The van der Waals surface area contributed by atoms with Crippen LogP contribution < -0.4 is 10.6 Å². The monoisotopic (exact) mass is 299 g/mol. The number of amides is 1. The summed E-state index contributed by atoms with van der Waals surface area (Å²) in [6.07, 6.45) is 1.78. The second-order valence-corrected chi connectivity index (χ2v) is 4.76. The van der Waals surface area contributed by atoms with Crippen LogP contribution in [0.5, 0.6) is 0 Å². The molecule has 1 aliphatic rings. The minimum atomic E-state index is -0.462. The first kappa shape index (κ1) is 16.4. The molecule has 2 rings (SSSR count). The van der Waals surface area contributed by atoms with Crippen molar-refractivity contribution in [1.29, 1.82) is 0 Å². The fourth-order valence-electron chi connectivity index (χ4n) is 2.18. The Morgan fingerprint density at radius 1 is 1.40 bits per heavy atom. The standard InChI is InChI=1S/C13H17N3O3.ClH/c1-9-2-3-10(8-12(9)16(18)19)13(17)15-11-4-6-14-7-5-11;/h2-3,8,11,14H,4-7H2,1H3,(H,15,17);1H. The number of piperidine rings is 1. The number of nitrogens with zero attached hydrogens (tertiary/aromatic N) is 1. The van der Waals surface area contributed by atoms with E-state index in [4.69, 9.17) is 0 Å². The van der Waals surface area contributed by atoms with Crippen molar-refractivity contribution in [3.05, 3.63) is 39.4 Å². The summed E-state index contributed by atoms with van der Waals surface area (Å²) in [5.41, 5.74) is 0.886. The molecule has 1 fully saturated rings. The van der Waals surface area contributed by atoms with Crippen molar-refractivity contribution in [3.8, 4) is 0 Å². The number of halogens is 1. The molecule has 0 radical (unpaired) electrons. The molecule has 0 atom stereocenters. The zero-order valence-electron chi connectivity index (χ0n) is 11.2. The molecule has 2 N–H and O–H groups in total. The molecule has 0 aromatic heterocycles. The van der Waals surface area contributed by atoms with Crippen molar-refractivity contribution in [1.82, 2.24) is 10.6 Å². The molecule has 1 aliphatic heterocycles. The number of nitrogens with one attached hydrogen (secondary N) is 2. The molecule has 1 heterocycles. The van der Waals surface area contributed by atoms with Crippen molar-refractivity contribution in [2.24, 2.45) is 0 Å². The van der Waals surface area contributed by atoms with Crippen LogP contribution in [0.4, 0.5) is 5.69 Å². The smallest absolute Gasteiger partial charge is 0.273 e. The quantitative estimate of drug-likeness (QED) is 0.658. The molecule has 0 unspecified atom stereocenters. The molecule has 6 nitrogen and oxygen atoms in total. The molecule has 7 heteroatoms. The van der Waals surface area contributed by atoms with E-state index in [1.54, 1.807) is 19.1 Å². The van der Waals surface area contributed by atoms with Crippen LogP contribution in [-0.4, -0.2) is 30.0 Å². The predicted octanol–water partition coefficient (Wildman–Crippen LogP) is 1.81. The van der Waals surface area contributed by atoms with E-state index in [2.05, 4.69) is 10.6 Å². The summed E-state index contributed by atoms with van der Waals surface area (Å²) in [5.74, 6) is -0.241. The van der Waals surface area contributed by atoms with E-state index >= 15 is 0 Å². The van der Waals surface area contributed by atoms with Crippen LogP contribution in [-0.2, 0) is 0 Å². The van der Waals surface area contributed by atoms with Gasteiger partial charge >= 0.3 is 0 Å². The van der Waals surface area contributed by atoms with E-state index in [0.29, 0.717) is 11.1 Å². The average molecular weight is 300 g/mol. The normalized spacial score (nSPS) is 15.2. The molecule has 1 aromatic carbocycles. The largest absolute Gasteiger partial charge is 0.349 e. The second kappa shape index (κ2) is 7.21. The average Bonchev–Trinajstić information content (AvgIpc) is 2.40. The van der Waals surface area contributed by atoms with Gasteiger partial charge in [0.25, 0.3) is 11.6 Å². The van der Waals surface area contributed by atoms with E-state index in [1.165, 1.54) is 6.07 Å². The van der Waals surface area contributed by atoms with Gasteiger partial charge in [0.05, 0.1) is 4.92 Å². The third kappa shape index (κ3) is 3.91. The summed E-state index contributed by atoms with van der Waals surface area (Å²) in [6, 6.07) is 4.72. The van der Waals surface area contributed by atoms with Gasteiger partial charge < -0.3 is 10.6 Å². The van der Waals surface area contributed by atoms with E-state index in [-0.39, 0.29) is 30.0 Å². The van der Waals surface area contributed by atoms with Crippen LogP contribution in [0.1, 0.15) is 28.8 Å². The number of carbonyl (C=O) groups excluding carboxylic acids is 1. The fourth-order valence-corrected chi connectivity index (χ4v) is 2.18. The molecule has 110 valence electrons. The Bertz CT molecular complexity index is 502. The van der Waals surface area contributed by atoms with E-state index in [1.807, 2.05) is 0 Å². The Morgan fingerprint density at radius 3 is 2.65 bits per heavy atom. The van der Waals surface area contributed by atoms with Crippen LogP contribution >= 0.6 is 12.4 Å². The predicted molar refractivity (Wildman–Crippen MR) is 78.4 cm³/mol. The zero-order chi connectivity index (χ0) is 13.8. The SMILES string of the molecule is Cc1ccc(C(=O)NC2CCNCC2)cc1[N+](=O)[O-].Cl. The summed E-state index contributed by atoms with van der Waals surface area (Å²) >= 11 is 0. The lowest BCUT2D eigenvalue weighted by Crippen LogP contribution is -2.42. The van der Waals surface area contributed by atoms with Crippen molar-refractivity contribution in [2.75, 3.05) is 13.1 Å². The molecule has 0 spiro atoms. The first-order chi connectivity index (χ1) is 9.08. The number of nitro groups is 1.